The summed E-state index contributed by atoms with van der Waals surface area (Å²) in [6.45, 7) is 4.16. The van der Waals surface area contributed by atoms with E-state index in [-0.39, 0.29) is 37.0 Å². The van der Waals surface area contributed by atoms with Gasteiger partial charge in [-0.05, 0) is 79.6 Å². The molecule has 1 unspecified atom stereocenters. The second-order valence-corrected chi connectivity index (χ2v) is 14.5. The van der Waals surface area contributed by atoms with E-state index in [1.807, 2.05) is 30.3 Å². The summed E-state index contributed by atoms with van der Waals surface area (Å²) in [6.07, 6.45) is 9.29. The van der Waals surface area contributed by atoms with Gasteiger partial charge in [0.1, 0.15) is 17.2 Å². The second-order valence-electron chi connectivity index (χ2n) is 14.5. The number of aromatic nitrogens is 1. The fraction of sp³-hybridized carbons (Fsp3) is 0.463. The highest BCUT2D eigenvalue weighted by Crippen LogP contribution is 2.42. The highest BCUT2D eigenvalue weighted by Gasteiger charge is 2.31. The van der Waals surface area contributed by atoms with Gasteiger partial charge in [-0.1, -0.05) is 0 Å². The van der Waals surface area contributed by atoms with Crippen molar-refractivity contribution in [2.45, 2.75) is 57.0 Å². The van der Waals surface area contributed by atoms with Crippen molar-refractivity contribution in [1.82, 2.24) is 25.0 Å². The number of nitrogens with one attached hydrogen (secondary N) is 1. The number of ether oxygens (including phenoxy) is 4. The summed E-state index contributed by atoms with van der Waals surface area (Å²) in [4.78, 5) is 49.5. The number of aliphatic hydroxyl groups excluding tert-OH is 1. The first kappa shape index (κ1) is 38.1. The summed E-state index contributed by atoms with van der Waals surface area (Å²) >= 11 is 0. The lowest BCUT2D eigenvalue weighted by Crippen LogP contribution is -2.49. The zero-order chi connectivity index (χ0) is 38.6. The van der Waals surface area contributed by atoms with Crippen LogP contribution < -0.4 is 24.4 Å². The molecule has 3 saturated heterocycles. The van der Waals surface area contributed by atoms with E-state index in [0.717, 1.165) is 91.1 Å². The van der Waals surface area contributed by atoms with Crippen molar-refractivity contribution in [3.63, 3.8) is 0 Å². The minimum atomic E-state index is -0.771. The number of carbonyl (C=O) groups excluding carboxylic acids is 3. The maximum absolute atomic E-state index is 13.5. The number of hydrogen-bond acceptors (Lipinski definition) is 11. The van der Waals surface area contributed by atoms with E-state index in [0.29, 0.717) is 30.1 Å². The van der Waals surface area contributed by atoms with E-state index in [1.165, 1.54) is 12.0 Å². The molecule has 5 heterocycles. The largest absolute Gasteiger partial charge is 0.496 e. The summed E-state index contributed by atoms with van der Waals surface area (Å²) in [5.41, 5.74) is 5.48. The maximum atomic E-state index is 13.5. The Labute approximate surface area is 321 Å². The van der Waals surface area contributed by atoms with Crippen LogP contribution in [-0.4, -0.2) is 122 Å². The van der Waals surface area contributed by atoms with Gasteiger partial charge in [-0.3, -0.25) is 24.8 Å². The third kappa shape index (κ3) is 8.12. The fourth-order valence-electron chi connectivity index (χ4n) is 8.03. The lowest BCUT2D eigenvalue weighted by atomic mass is 9.90. The molecule has 4 amide bonds. The van der Waals surface area contributed by atoms with Crippen LogP contribution in [0, 0.1) is 0 Å². The molecule has 2 N–H and O–H groups in total. The first-order chi connectivity index (χ1) is 26.7. The quantitative estimate of drug-likeness (QED) is 0.291. The van der Waals surface area contributed by atoms with Gasteiger partial charge < -0.3 is 38.8 Å². The standard InChI is InChI=1S/C41H50N6O8/c1-44-25-33(30-7-14-42-24-32(30)40(44)50)31-23-36(53-3)26(22-37(31)54-4)8-15-45-16-9-28(10-17-45)55-29-11-18-46(19-12-29)39(49)27-5-6-35(52-2)34(21-27)47-20-13-38(48)43-41(47)51/h5-7,14,21-25,28-29,40,50H,8-13,15-20H2,1-4H3,(H,43,48,51). The lowest BCUT2D eigenvalue weighted by molar-refractivity contribution is -0.120. The topological polar surface area (TPSA) is 146 Å². The molecule has 1 aromatic heterocycles. The van der Waals surface area contributed by atoms with Gasteiger partial charge in [-0.2, -0.15) is 0 Å². The highest BCUT2D eigenvalue weighted by atomic mass is 16.5. The molecule has 3 aromatic rings. The number of nitrogens with zero attached hydrogens (tertiary/aromatic N) is 5. The molecule has 0 spiro atoms. The Morgan fingerprint density at radius 1 is 0.873 bits per heavy atom. The van der Waals surface area contributed by atoms with Gasteiger partial charge in [0.15, 0.2) is 6.23 Å². The van der Waals surface area contributed by atoms with E-state index in [2.05, 4.69) is 21.3 Å². The van der Waals surface area contributed by atoms with Gasteiger partial charge in [0.2, 0.25) is 5.91 Å². The number of likely N-dealkylation sites (tertiary alicyclic amines) is 2. The molecule has 0 saturated carbocycles. The molecule has 0 radical (unpaired) electrons. The van der Waals surface area contributed by atoms with Gasteiger partial charge in [-0.25, -0.2) is 4.79 Å². The van der Waals surface area contributed by atoms with E-state index < -0.39 is 12.3 Å². The number of hydrogen-bond donors (Lipinski definition) is 2. The molecule has 55 heavy (non-hydrogen) atoms. The summed E-state index contributed by atoms with van der Waals surface area (Å²) in [5.74, 6) is 1.58. The molecule has 0 aliphatic carbocycles. The van der Waals surface area contributed by atoms with Crippen LogP contribution in [0.4, 0.5) is 10.5 Å². The smallest absolute Gasteiger partial charge is 0.328 e. The van der Waals surface area contributed by atoms with Crippen molar-refractivity contribution in [2.75, 3.05) is 72.5 Å². The van der Waals surface area contributed by atoms with Gasteiger partial charge in [-0.15, -0.1) is 0 Å². The molecule has 2 aromatic carbocycles. The first-order valence-electron chi connectivity index (χ1n) is 18.9. The Morgan fingerprint density at radius 3 is 2.27 bits per heavy atom. The predicted octanol–water partition coefficient (Wildman–Crippen LogP) is 4.21. The number of piperidine rings is 2. The second kappa shape index (κ2) is 16.7. The lowest BCUT2D eigenvalue weighted by Gasteiger charge is -2.37. The summed E-state index contributed by atoms with van der Waals surface area (Å²) in [7, 11) is 6.72. The minimum absolute atomic E-state index is 0.0995. The zero-order valence-electron chi connectivity index (χ0n) is 32.0. The van der Waals surface area contributed by atoms with Crippen LogP contribution in [0.2, 0.25) is 0 Å². The van der Waals surface area contributed by atoms with Gasteiger partial charge >= 0.3 is 6.03 Å². The fourth-order valence-corrected chi connectivity index (χ4v) is 8.03. The van der Waals surface area contributed by atoms with Gasteiger partial charge in [0.05, 0.1) is 39.2 Å². The van der Waals surface area contributed by atoms with E-state index in [1.54, 1.807) is 49.7 Å². The van der Waals surface area contributed by atoms with E-state index in [4.69, 9.17) is 18.9 Å². The minimum Gasteiger partial charge on any atom is -0.496 e. The van der Waals surface area contributed by atoms with Crippen LogP contribution in [0.1, 0.15) is 70.9 Å². The molecular weight excluding hydrogens is 704 g/mol. The Hall–Kier alpha value is -5.18. The van der Waals surface area contributed by atoms with Crippen molar-refractivity contribution < 1.29 is 38.4 Å². The Bertz CT molecular complexity index is 1940. The SMILES string of the molecule is COc1cc(C2=CN(C)C(O)c3cnccc32)c(OC)cc1CCN1CCC(OC2CCN(C(=O)c3ccc(OC)c(N4CCC(=O)NC4=O)c3)CC2)CC1. The van der Waals surface area contributed by atoms with Crippen LogP contribution in [-0.2, 0) is 16.0 Å². The van der Waals surface area contributed by atoms with Crippen LogP contribution in [0.3, 0.4) is 0 Å². The molecule has 7 rings (SSSR count). The third-order valence-electron chi connectivity index (χ3n) is 11.1. The Kier molecular flexibility index (Phi) is 11.6. The number of amides is 4. The monoisotopic (exact) mass is 754 g/mol. The third-order valence-corrected chi connectivity index (χ3v) is 11.1. The van der Waals surface area contributed by atoms with E-state index >= 15 is 0 Å². The van der Waals surface area contributed by atoms with Crippen LogP contribution >= 0.6 is 0 Å². The molecule has 3 fully saturated rings. The number of rotatable bonds is 11. The van der Waals surface area contributed by atoms with Crippen LogP contribution in [0.5, 0.6) is 17.2 Å². The number of imide groups is 1. The summed E-state index contributed by atoms with van der Waals surface area (Å²) in [6, 6.07) is 10.6. The molecule has 0 bridgehead atoms. The molecule has 292 valence electrons. The molecule has 14 nitrogen and oxygen atoms in total. The van der Waals surface area contributed by atoms with Gasteiger partial charge in [0.25, 0.3) is 5.91 Å². The van der Waals surface area contributed by atoms with Crippen LogP contribution in [0.15, 0.2) is 55.0 Å². The normalized spacial score (nSPS) is 19.8. The maximum Gasteiger partial charge on any atom is 0.328 e. The zero-order valence-corrected chi connectivity index (χ0v) is 32.0. The molecule has 4 aliphatic rings. The van der Waals surface area contributed by atoms with E-state index in [9.17, 15) is 19.5 Å². The van der Waals surface area contributed by atoms with Crippen molar-refractivity contribution in [1.29, 1.82) is 0 Å². The number of benzene rings is 2. The summed E-state index contributed by atoms with van der Waals surface area (Å²) in [5, 5.41) is 13.1. The molecule has 4 aliphatic heterocycles. The molecular formula is C41H50N6O8. The predicted molar refractivity (Wildman–Crippen MR) is 205 cm³/mol. The molecule has 14 heteroatoms. The number of methoxy groups -OCH3 is 3. The number of urea groups is 1. The number of pyridine rings is 1. The average molecular weight is 755 g/mol. The average Bonchev–Trinajstić information content (AvgIpc) is 3.21. The Balaban J connectivity index is 0.900. The number of carbonyl (C=O) groups is 3. The van der Waals surface area contributed by atoms with Crippen molar-refractivity contribution in [2.24, 2.45) is 0 Å². The number of fused-ring (bicyclic) bond motifs is 1. The highest BCUT2D eigenvalue weighted by molar-refractivity contribution is 6.07. The number of anilines is 1. The Morgan fingerprint density at radius 2 is 1.58 bits per heavy atom. The number of aliphatic hydroxyl groups is 1. The van der Waals surface area contributed by atoms with Crippen LogP contribution in [0.25, 0.3) is 5.57 Å². The first-order valence-corrected chi connectivity index (χ1v) is 18.9. The van der Waals surface area contributed by atoms with Crippen molar-refractivity contribution in [3.8, 4) is 17.2 Å². The van der Waals surface area contributed by atoms with Crippen molar-refractivity contribution in [3.05, 3.63) is 82.8 Å². The summed E-state index contributed by atoms with van der Waals surface area (Å²) < 4.78 is 23.8. The van der Waals surface area contributed by atoms with Gasteiger partial charge in [0, 0.05) is 93.6 Å². The molecule has 1 atom stereocenters. The van der Waals surface area contributed by atoms with Crippen molar-refractivity contribution >= 4 is 29.1 Å².